The summed E-state index contributed by atoms with van der Waals surface area (Å²) in [6.45, 7) is 1.80. The fourth-order valence-electron chi connectivity index (χ4n) is 2.87. The first-order valence-electron chi connectivity index (χ1n) is 8.22. The number of nitro benzene ring substituents is 1. The average Bonchev–Trinajstić information content (AvgIpc) is 3.10. The van der Waals surface area contributed by atoms with Crippen molar-refractivity contribution >= 4 is 29.0 Å². The number of pyridine rings is 1. The molecule has 6 nitrogen and oxygen atoms in total. The molecule has 1 aliphatic rings. The summed E-state index contributed by atoms with van der Waals surface area (Å²) in [6.07, 6.45) is 6.42. The molecule has 1 N–H and O–H groups in total. The highest BCUT2D eigenvalue weighted by Crippen LogP contribution is 2.35. The van der Waals surface area contributed by atoms with Gasteiger partial charge in [0.2, 0.25) is 0 Å². The zero-order valence-electron chi connectivity index (χ0n) is 13.9. The van der Waals surface area contributed by atoms with Crippen LogP contribution in [0, 0.1) is 17.0 Å². The Morgan fingerprint density at radius 3 is 2.80 bits per heavy atom. The Labute approximate surface area is 150 Å². The van der Waals surface area contributed by atoms with Gasteiger partial charge in [0.05, 0.1) is 16.2 Å². The van der Waals surface area contributed by atoms with Crippen LogP contribution < -0.4 is 5.32 Å². The molecule has 0 unspecified atom stereocenters. The number of non-ortho nitro benzene ring substituents is 1. The van der Waals surface area contributed by atoms with Crippen molar-refractivity contribution in [2.24, 2.45) is 0 Å². The molecule has 130 valence electrons. The van der Waals surface area contributed by atoms with E-state index in [9.17, 15) is 14.9 Å². The molecule has 0 aliphatic heterocycles. The molecule has 1 heterocycles. The van der Waals surface area contributed by atoms with Crippen LogP contribution in [0.25, 0.3) is 0 Å². The van der Waals surface area contributed by atoms with Crippen molar-refractivity contribution in [1.82, 2.24) is 4.98 Å². The minimum absolute atomic E-state index is 0.0485. The molecule has 1 fully saturated rings. The summed E-state index contributed by atoms with van der Waals surface area (Å²) in [5.74, 6) is -0.294. The second kappa shape index (κ2) is 7.65. The number of amides is 1. The summed E-state index contributed by atoms with van der Waals surface area (Å²) in [4.78, 5) is 27.6. The smallest absolute Gasteiger partial charge is 0.271 e. The molecule has 0 spiro atoms. The third-order valence-electron chi connectivity index (χ3n) is 4.28. The van der Waals surface area contributed by atoms with Gasteiger partial charge >= 0.3 is 0 Å². The Balaban J connectivity index is 1.82. The number of aryl methyl sites for hydroxylation is 1. The molecule has 0 bridgehead atoms. The van der Waals surface area contributed by atoms with Crippen LogP contribution >= 0.6 is 11.8 Å². The Kier molecular flexibility index (Phi) is 5.33. The molecule has 1 aromatic carbocycles. The molecule has 1 amide bonds. The van der Waals surface area contributed by atoms with Crippen molar-refractivity contribution in [2.45, 2.75) is 42.9 Å². The number of benzene rings is 1. The molecule has 0 radical (unpaired) electrons. The molecular weight excluding hydrogens is 338 g/mol. The van der Waals surface area contributed by atoms with Crippen molar-refractivity contribution in [1.29, 1.82) is 0 Å². The number of hydrogen-bond acceptors (Lipinski definition) is 5. The number of carbonyl (C=O) groups is 1. The van der Waals surface area contributed by atoms with Crippen molar-refractivity contribution < 1.29 is 9.72 Å². The lowest BCUT2D eigenvalue weighted by Gasteiger charge is -2.13. The Bertz CT molecular complexity index is 804. The van der Waals surface area contributed by atoms with E-state index in [-0.39, 0.29) is 11.6 Å². The van der Waals surface area contributed by atoms with Crippen LogP contribution in [0.2, 0.25) is 0 Å². The number of rotatable bonds is 5. The number of nitro groups is 1. The van der Waals surface area contributed by atoms with Crippen LogP contribution in [0.5, 0.6) is 0 Å². The van der Waals surface area contributed by atoms with Crippen LogP contribution in [0.3, 0.4) is 0 Å². The van der Waals surface area contributed by atoms with Gasteiger partial charge in [-0.05, 0) is 37.5 Å². The van der Waals surface area contributed by atoms with E-state index in [2.05, 4.69) is 10.3 Å². The third-order valence-corrected chi connectivity index (χ3v) is 5.63. The summed E-state index contributed by atoms with van der Waals surface area (Å²) in [5, 5.41) is 15.0. The molecule has 0 atom stereocenters. The summed E-state index contributed by atoms with van der Waals surface area (Å²) < 4.78 is 0. The normalized spacial score (nSPS) is 14.4. The predicted octanol–water partition coefficient (Wildman–Crippen LogP) is 4.59. The van der Waals surface area contributed by atoms with Gasteiger partial charge in [0.25, 0.3) is 11.6 Å². The van der Waals surface area contributed by atoms with Gasteiger partial charge in [-0.3, -0.25) is 14.9 Å². The zero-order valence-corrected chi connectivity index (χ0v) is 14.7. The van der Waals surface area contributed by atoms with Gasteiger partial charge in [0.15, 0.2) is 0 Å². The molecular formula is C18H19N3O3S. The fourth-order valence-corrected chi connectivity index (χ4v) is 4.16. The lowest BCUT2D eigenvalue weighted by molar-refractivity contribution is -0.384. The standard InChI is InChI=1S/C18H19N3O3S/c1-12-8-9-13(21(23)24)11-16(12)20-17(22)15-7-4-10-19-18(15)25-14-5-2-3-6-14/h4,7-11,14H,2-3,5-6H2,1H3,(H,20,22). The maximum atomic E-state index is 12.7. The highest BCUT2D eigenvalue weighted by Gasteiger charge is 2.21. The van der Waals surface area contributed by atoms with Gasteiger partial charge in [-0.2, -0.15) is 0 Å². The lowest BCUT2D eigenvalue weighted by atomic mass is 10.1. The molecule has 1 aromatic heterocycles. The van der Waals surface area contributed by atoms with E-state index >= 15 is 0 Å². The Hall–Kier alpha value is -2.41. The number of carbonyl (C=O) groups excluding carboxylic acids is 1. The molecule has 1 aliphatic carbocycles. The average molecular weight is 357 g/mol. The lowest BCUT2D eigenvalue weighted by Crippen LogP contribution is -2.15. The van der Waals surface area contributed by atoms with Crippen LogP contribution in [0.4, 0.5) is 11.4 Å². The number of aromatic nitrogens is 1. The highest BCUT2D eigenvalue weighted by atomic mass is 32.2. The quantitative estimate of drug-likeness (QED) is 0.625. The number of nitrogens with one attached hydrogen (secondary N) is 1. The van der Waals surface area contributed by atoms with E-state index in [1.165, 1.54) is 25.0 Å². The summed E-state index contributed by atoms with van der Waals surface area (Å²) in [5.41, 5.74) is 1.67. The summed E-state index contributed by atoms with van der Waals surface area (Å²) >= 11 is 1.65. The van der Waals surface area contributed by atoms with E-state index < -0.39 is 4.92 Å². The van der Waals surface area contributed by atoms with Crippen LogP contribution in [0.15, 0.2) is 41.6 Å². The maximum Gasteiger partial charge on any atom is 0.271 e. The first kappa shape index (κ1) is 17.4. The first-order valence-corrected chi connectivity index (χ1v) is 9.10. The SMILES string of the molecule is Cc1ccc([N+](=O)[O-])cc1NC(=O)c1cccnc1SC1CCCC1. The number of hydrogen-bond donors (Lipinski definition) is 1. The van der Waals surface area contributed by atoms with E-state index in [1.807, 2.05) is 0 Å². The molecule has 0 saturated heterocycles. The zero-order chi connectivity index (χ0) is 17.8. The topological polar surface area (TPSA) is 85.1 Å². The largest absolute Gasteiger partial charge is 0.321 e. The maximum absolute atomic E-state index is 12.7. The summed E-state index contributed by atoms with van der Waals surface area (Å²) in [7, 11) is 0. The van der Waals surface area contributed by atoms with E-state index in [4.69, 9.17) is 0 Å². The molecule has 1 saturated carbocycles. The minimum atomic E-state index is -0.472. The summed E-state index contributed by atoms with van der Waals surface area (Å²) in [6, 6.07) is 7.91. The van der Waals surface area contributed by atoms with E-state index in [1.54, 1.807) is 43.1 Å². The van der Waals surface area contributed by atoms with Crippen molar-refractivity contribution in [3.8, 4) is 0 Å². The van der Waals surface area contributed by atoms with Crippen molar-refractivity contribution in [3.05, 3.63) is 57.8 Å². The molecule has 25 heavy (non-hydrogen) atoms. The van der Waals surface area contributed by atoms with Gasteiger partial charge in [-0.1, -0.05) is 18.9 Å². The van der Waals surface area contributed by atoms with Crippen LogP contribution in [0.1, 0.15) is 41.6 Å². The monoisotopic (exact) mass is 357 g/mol. The number of nitrogens with zero attached hydrogens (tertiary/aromatic N) is 2. The molecule has 2 aromatic rings. The third kappa shape index (κ3) is 4.17. The van der Waals surface area contributed by atoms with Crippen molar-refractivity contribution in [2.75, 3.05) is 5.32 Å². The van der Waals surface area contributed by atoms with E-state index in [0.717, 1.165) is 23.4 Å². The van der Waals surface area contributed by atoms with Gasteiger partial charge in [0, 0.05) is 23.6 Å². The van der Waals surface area contributed by atoms with E-state index in [0.29, 0.717) is 16.5 Å². The highest BCUT2D eigenvalue weighted by molar-refractivity contribution is 7.99. The molecule has 7 heteroatoms. The second-order valence-corrected chi connectivity index (χ2v) is 7.38. The van der Waals surface area contributed by atoms with Gasteiger partial charge in [-0.15, -0.1) is 11.8 Å². The minimum Gasteiger partial charge on any atom is -0.321 e. The molecule has 3 rings (SSSR count). The predicted molar refractivity (Wildman–Crippen MR) is 98.1 cm³/mol. The Morgan fingerprint density at radius 1 is 1.32 bits per heavy atom. The Morgan fingerprint density at radius 2 is 2.08 bits per heavy atom. The van der Waals surface area contributed by atoms with Crippen LogP contribution in [-0.4, -0.2) is 21.1 Å². The first-order chi connectivity index (χ1) is 12.0. The number of anilines is 1. The fraction of sp³-hybridized carbons (Fsp3) is 0.333. The second-order valence-electron chi connectivity index (χ2n) is 6.09. The van der Waals surface area contributed by atoms with Gasteiger partial charge in [-0.25, -0.2) is 4.98 Å². The van der Waals surface area contributed by atoms with Crippen LogP contribution in [-0.2, 0) is 0 Å². The van der Waals surface area contributed by atoms with Gasteiger partial charge in [0.1, 0.15) is 5.03 Å². The van der Waals surface area contributed by atoms with Gasteiger partial charge < -0.3 is 5.32 Å². The van der Waals surface area contributed by atoms with Crippen molar-refractivity contribution in [3.63, 3.8) is 0 Å². The number of thioether (sulfide) groups is 1.